The van der Waals surface area contributed by atoms with Crippen molar-refractivity contribution in [1.29, 1.82) is 5.26 Å². The van der Waals surface area contributed by atoms with E-state index in [4.69, 9.17) is 21.4 Å². The Morgan fingerprint density at radius 3 is 2.80 bits per heavy atom. The number of benzene rings is 1. The number of aromatic nitrogens is 3. The Hall–Kier alpha value is -2.58. The quantitative estimate of drug-likeness (QED) is 0.801. The molecule has 3 aromatic rings. The second-order valence-corrected chi connectivity index (χ2v) is 4.67. The molecule has 5 nitrogen and oxygen atoms in total. The number of hydrogen-bond donors (Lipinski definition) is 1. The molecule has 98 valence electrons. The molecule has 0 saturated carbocycles. The molecule has 0 aliphatic heterocycles. The summed E-state index contributed by atoms with van der Waals surface area (Å²) < 4.78 is 5.18. The lowest BCUT2D eigenvalue weighted by Crippen LogP contribution is -1.90. The molecule has 0 aliphatic carbocycles. The number of hydrogen-bond acceptors (Lipinski definition) is 4. The van der Waals surface area contributed by atoms with E-state index in [0.717, 1.165) is 5.56 Å². The number of halogens is 1. The topological polar surface area (TPSA) is 78.5 Å². The minimum atomic E-state index is 0.371. The molecule has 1 N–H and O–H groups in total. The van der Waals surface area contributed by atoms with Crippen molar-refractivity contribution >= 4 is 11.6 Å². The molecular weight excluding hydrogens is 276 g/mol. The molecule has 2 heterocycles. The summed E-state index contributed by atoms with van der Waals surface area (Å²) in [7, 11) is 0. The first kappa shape index (κ1) is 12.5. The summed E-state index contributed by atoms with van der Waals surface area (Å²) in [5.41, 5.74) is 2.21. The van der Waals surface area contributed by atoms with Crippen molar-refractivity contribution in [3.63, 3.8) is 0 Å². The Kier molecular flexibility index (Phi) is 3.23. The average Bonchev–Trinajstić information content (AvgIpc) is 3.10. The monoisotopic (exact) mass is 284 g/mol. The minimum Gasteiger partial charge on any atom is -0.356 e. The van der Waals surface area contributed by atoms with Crippen LogP contribution in [0.3, 0.4) is 0 Å². The van der Waals surface area contributed by atoms with E-state index in [-0.39, 0.29) is 0 Å². The zero-order valence-corrected chi connectivity index (χ0v) is 11.1. The Morgan fingerprint density at radius 1 is 1.30 bits per heavy atom. The van der Waals surface area contributed by atoms with Crippen LogP contribution in [-0.2, 0) is 6.42 Å². The van der Waals surface area contributed by atoms with Gasteiger partial charge in [-0.1, -0.05) is 28.9 Å². The maximum absolute atomic E-state index is 8.77. The van der Waals surface area contributed by atoms with Gasteiger partial charge >= 0.3 is 0 Å². The van der Waals surface area contributed by atoms with Crippen LogP contribution in [0.4, 0.5) is 0 Å². The number of rotatable bonds is 3. The number of aromatic amines is 1. The highest BCUT2D eigenvalue weighted by Gasteiger charge is 2.11. The van der Waals surface area contributed by atoms with Gasteiger partial charge in [0.15, 0.2) is 5.82 Å². The van der Waals surface area contributed by atoms with Crippen LogP contribution >= 0.6 is 11.6 Å². The van der Waals surface area contributed by atoms with Gasteiger partial charge in [-0.2, -0.15) is 10.2 Å². The first-order chi connectivity index (χ1) is 9.74. The van der Waals surface area contributed by atoms with E-state index in [0.29, 0.717) is 34.4 Å². The summed E-state index contributed by atoms with van der Waals surface area (Å²) in [6.45, 7) is 0. The molecule has 1 aromatic carbocycles. The first-order valence-corrected chi connectivity index (χ1v) is 6.28. The highest BCUT2D eigenvalue weighted by molar-refractivity contribution is 6.30. The molecule has 3 rings (SSSR count). The molecule has 0 fully saturated rings. The molecule has 6 heteroatoms. The Bertz CT molecular complexity index is 767. The molecule has 0 saturated heterocycles. The number of nitrogens with one attached hydrogen (secondary N) is 1. The predicted molar refractivity (Wildman–Crippen MR) is 73.1 cm³/mol. The van der Waals surface area contributed by atoms with Crippen LogP contribution in [0.5, 0.6) is 0 Å². The number of nitriles is 1. The minimum absolute atomic E-state index is 0.371. The van der Waals surface area contributed by atoms with Crippen LogP contribution < -0.4 is 0 Å². The van der Waals surface area contributed by atoms with Crippen LogP contribution in [0.1, 0.15) is 17.0 Å². The Labute approximate surface area is 119 Å². The van der Waals surface area contributed by atoms with Crippen molar-refractivity contribution < 1.29 is 4.52 Å². The third-order valence-corrected chi connectivity index (χ3v) is 3.04. The van der Waals surface area contributed by atoms with Gasteiger partial charge in [-0.25, -0.2) is 0 Å². The summed E-state index contributed by atoms with van der Waals surface area (Å²) >= 11 is 5.83. The van der Waals surface area contributed by atoms with E-state index >= 15 is 0 Å². The van der Waals surface area contributed by atoms with Gasteiger partial charge in [0, 0.05) is 17.6 Å². The summed E-state index contributed by atoms with van der Waals surface area (Å²) in [5.74, 6) is 0.950. The summed E-state index contributed by atoms with van der Waals surface area (Å²) in [6.07, 6.45) is 2.16. The van der Waals surface area contributed by atoms with Gasteiger partial charge in [0.25, 0.3) is 5.89 Å². The van der Waals surface area contributed by atoms with Crippen LogP contribution in [0, 0.1) is 11.3 Å². The largest absolute Gasteiger partial charge is 0.356 e. The highest BCUT2D eigenvalue weighted by atomic mass is 35.5. The molecule has 0 spiro atoms. The fourth-order valence-electron chi connectivity index (χ4n) is 1.80. The van der Waals surface area contributed by atoms with E-state index < -0.39 is 0 Å². The smallest absolute Gasteiger partial charge is 0.274 e. The fourth-order valence-corrected chi connectivity index (χ4v) is 1.93. The lowest BCUT2D eigenvalue weighted by molar-refractivity contribution is 0.423. The molecule has 0 aliphatic rings. The maximum atomic E-state index is 8.77. The molecule has 0 amide bonds. The van der Waals surface area contributed by atoms with E-state index in [1.165, 1.54) is 0 Å². The summed E-state index contributed by atoms with van der Waals surface area (Å²) in [5, 5.41) is 13.4. The molecule has 0 atom stereocenters. The Balaban J connectivity index is 1.80. The standard InChI is InChI=1S/C14H9ClN4O/c15-11-3-1-9(2-4-11)6-13-18-14(20-19-13)12-5-10(7-16)8-17-12/h1-5,8,17H,6H2. The van der Waals surface area contributed by atoms with Crippen LogP contribution in [0.15, 0.2) is 41.1 Å². The number of H-pyrrole nitrogens is 1. The van der Waals surface area contributed by atoms with Crippen molar-refractivity contribution in [3.8, 4) is 17.7 Å². The second kappa shape index (κ2) is 5.19. The van der Waals surface area contributed by atoms with E-state index in [9.17, 15) is 0 Å². The second-order valence-electron chi connectivity index (χ2n) is 4.23. The predicted octanol–water partition coefficient (Wildman–Crippen LogP) is 3.18. The van der Waals surface area contributed by atoms with Gasteiger partial charge in [0.1, 0.15) is 11.8 Å². The maximum Gasteiger partial charge on any atom is 0.274 e. The highest BCUT2D eigenvalue weighted by Crippen LogP contribution is 2.18. The van der Waals surface area contributed by atoms with Gasteiger partial charge < -0.3 is 9.51 Å². The lowest BCUT2D eigenvalue weighted by Gasteiger charge is -1.96. The zero-order chi connectivity index (χ0) is 13.9. The van der Waals surface area contributed by atoms with E-state index in [2.05, 4.69) is 15.1 Å². The van der Waals surface area contributed by atoms with Gasteiger partial charge in [-0.15, -0.1) is 0 Å². The molecule has 0 radical (unpaired) electrons. The van der Waals surface area contributed by atoms with Crippen LogP contribution in [0.25, 0.3) is 11.6 Å². The average molecular weight is 285 g/mol. The van der Waals surface area contributed by atoms with Crippen molar-refractivity contribution in [2.45, 2.75) is 6.42 Å². The van der Waals surface area contributed by atoms with Crippen molar-refractivity contribution in [3.05, 3.63) is 58.5 Å². The lowest BCUT2D eigenvalue weighted by atomic mass is 10.1. The summed E-state index contributed by atoms with van der Waals surface area (Å²) in [6, 6.07) is 11.2. The molecule has 0 unspecified atom stereocenters. The van der Waals surface area contributed by atoms with Crippen LogP contribution in [0.2, 0.25) is 5.02 Å². The van der Waals surface area contributed by atoms with Crippen molar-refractivity contribution in [2.75, 3.05) is 0 Å². The van der Waals surface area contributed by atoms with Crippen molar-refractivity contribution in [2.24, 2.45) is 0 Å². The van der Waals surface area contributed by atoms with Crippen LogP contribution in [-0.4, -0.2) is 15.1 Å². The normalized spacial score (nSPS) is 10.4. The number of nitrogens with zero attached hydrogens (tertiary/aromatic N) is 3. The van der Waals surface area contributed by atoms with Gasteiger partial charge in [0.05, 0.1) is 5.56 Å². The fraction of sp³-hybridized carbons (Fsp3) is 0.0714. The molecule has 2 aromatic heterocycles. The third-order valence-electron chi connectivity index (χ3n) is 2.79. The first-order valence-electron chi connectivity index (χ1n) is 5.90. The van der Waals surface area contributed by atoms with E-state index in [1.807, 2.05) is 30.3 Å². The van der Waals surface area contributed by atoms with E-state index in [1.54, 1.807) is 12.3 Å². The van der Waals surface area contributed by atoms with Crippen molar-refractivity contribution in [1.82, 2.24) is 15.1 Å². The molecule has 20 heavy (non-hydrogen) atoms. The zero-order valence-electron chi connectivity index (χ0n) is 10.3. The summed E-state index contributed by atoms with van der Waals surface area (Å²) in [4.78, 5) is 7.22. The molecule has 0 bridgehead atoms. The SMILES string of the molecule is N#Cc1c[nH]c(-c2nc(Cc3ccc(Cl)cc3)no2)c1. The Morgan fingerprint density at radius 2 is 2.10 bits per heavy atom. The van der Waals surface area contributed by atoms with Gasteiger partial charge in [-0.3, -0.25) is 0 Å². The molecular formula is C14H9ClN4O. The van der Waals surface area contributed by atoms with Gasteiger partial charge in [0.2, 0.25) is 0 Å². The van der Waals surface area contributed by atoms with Gasteiger partial charge in [-0.05, 0) is 23.8 Å². The third kappa shape index (κ3) is 2.56.